The van der Waals surface area contributed by atoms with Gasteiger partial charge in [-0.15, -0.1) is 9.42 Å². The monoisotopic (exact) mass is 524 g/mol. The van der Waals surface area contributed by atoms with Gasteiger partial charge in [-0.05, 0) is 86.0 Å². The minimum atomic E-state index is -2.53. The smallest absolute Gasteiger partial charge is 0.497 e. The van der Waals surface area contributed by atoms with Crippen LogP contribution in [0.3, 0.4) is 0 Å². The first-order valence-corrected chi connectivity index (χ1v) is 13.9. The third-order valence-electron chi connectivity index (χ3n) is 6.54. The Morgan fingerprint density at radius 2 is 1.92 bits per heavy atom. The van der Waals surface area contributed by atoms with Crippen molar-refractivity contribution in [1.82, 2.24) is 5.32 Å². The van der Waals surface area contributed by atoms with Crippen LogP contribution in [-0.4, -0.2) is 44.2 Å². The van der Waals surface area contributed by atoms with Gasteiger partial charge >= 0.3 is 8.25 Å². The molecule has 3 N–H and O–H groups in total. The molecule has 196 valence electrons. The fourth-order valence-corrected chi connectivity index (χ4v) is 4.61. The molecule has 0 bridgehead atoms. The van der Waals surface area contributed by atoms with Crippen LogP contribution in [0.2, 0.25) is 0 Å². The summed E-state index contributed by atoms with van der Waals surface area (Å²) in [5.41, 5.74) is 3.50. The maximum atomic E-state index is 13.3. The SMILES string of the molecule is CCN(CC1CC1)c1cc(C(=O)Nc2ccc(CNCCCO[P+](=O)O)cc2)cc2ccc(OC)cc12. The van der Waals surface area contributed by atoms with Crippen LogP contribution in [-0.2, 0) is 15.6 Å². The molecule has 1 amide bonds. The summed E-state index contributed by atoms with van der Waals surface area (Å²) in [6, 6.07) is 17.7. The van der Waals surface area contributed by atoms with Crippen LogP contribution in [0.4, 0.5) is 11.4 Å². The summed E-state index contributed by atoms with van der Waals surface area (Å²) < 4.78 is 20.6. The van der Waals surface area contributed by atoms with Gasteiger partial charge in [-0.25, -0.2) is 0 Å². The van der Waals surface area contributed by atoms with Gasteiger partial charge in [0.2, 0.25) is 0 Å². The zero-order chi connectivity index (χ0) is 26.2. The maximum absolute atomic E-state index is 13.3. The number of carbonyl (C=O) groups is 1. The first kappa shape index (κ1) is 27.0. The number of nitrogens with zero attached hydrogens (tertiary/aromatic N) is 1. The number of fused-ring (bicyclic) bond motifs is 1. The lowest BCUT2D eigenvalue weighted by molar-refractivity contribution is 0.102. The molecule has 1 saturated carbocycles. The normalized spacial score (nSPS) is 13.4. The molecule has 37 heavy (non-hydrogen) atoms. The van der Waals surface area contributed by atoms with E-state index in [1.807, 2.05) is 48.5 Å². The number of carbonyl (C=O) groups excluding carboxylic acids is 1. The fraction of sp³-hybridized carbons (Fsp3) is 0.393. The number of ether oxygens (including phenoxy) is 1. The van der Waals surface area contributed by atoms with Gasteiger partial charge in [0.1, 0.15) is 12.4 Å². The van der Waals surface area contributed by atoms with Crippen molar-refractivity contribution in [3.05, 3.63) is 65.7 Å². The Bertz CT molecular complexity index is 1230. The summed E-state index contributed by atoms with van der Waals surface area (Å²) in [6.07, 6.45) is 3.18. The molecular formula is C28H35N3O5P+. The second kappa shape index (κ2) is 13.0. The quantitative estimate of drug-likeness (QED) is 0.190. The number of benzene rings is 3. The van der Waals surface area contributed by atoms with E-state index in [0.717, 1.165) is 52.5 Å². The minimum absolute atomic E-state index is 0.144. The molecule has 9 heteroatoms. The van der Waals surface area contributed by atoms with Gasteiger partial charge < -0.3 is 20.3 Å². The van der Waals surface area contributed by atoms with Crippen LogP contribution in [0.25, 0.3) is 10.8 Å². The number of amides is 1. The summed E-state index contributed by atoms with van der Waals surface area (Å²) in [6.45, 7) is 5.60. The molecule has 0 aliphatic heterocycles. The molecule has 0 aromatic heterocycles. The summed E-state index contributed by atoms with van der Waals surface area (Å²) in [5, 5.41) is 8.40. The molecule has 0 spiro atoms. The van der Waals surface area contributed by atoms with E-state index in [0.29, 0.717) is 25.1 Å². The highest BCUT2D eigenvalue weighted by atomic mass is 31.1. The predicted octanol–water partition coefficient (Wildman–Crippen LogP) is 5.48. The van der Waals surface area contributed by atoms with Gasteiger partial charge in [-0.2, -0.15) is 0 Å². The molecule has 1 aliphatic rings. The first-order valence-electron chi connectivity index (χ1n) is 12.7. The summed E-state index contributed by atoms with van der Waals surface area (Å²) in [4.78, 5) is 24.3. The molecule has 3 aromatic carbocycles. The van der Waals surface area contributed by atoms with E-state index < -0.39 is 8.25 Å². The second-order valence-corrected chi connectivity index (χ2v) is 10.1. The Labute approximate surface area is 218 Å². The van der Waals surface area contributed by atoms with Crippen molar-refractivity contribution in [1.29, 1.82) is 0 Å². The van der Waals surface area contributed by atoms with E-state index in [2.05, 4.69) is 33.0 Å². The highest BCUT2D eigenvalue weighted by Crippen LogP contribution is 2.36. The highest BCUT2D eigenvalue weighted by molar-refractivity contribution is 7.32. The number of methoxy groups -OCH3 is 1. The Balaban J connectivity index is 1.44. The molecular weight excluding hydrogens is 489 g/mol. The van der Waals surface area contributed by atoms with Gasteiger partial charge in [-0.3, -0.25) is 4.79 Å². The largest absolute Gasteiger partial charge is 0.694 e. The van der Waals surface area contributed by atoms with Crippen molar-refractivity contribution in [3.8, 4) is 5.75 Å². The van der Waals surface area contributed by atoms with Crippen molar-refractivity contribution < 1.29 is 23.5 Å². The van der Waals surface area contributed by atoms with Crippen LogP contribution >= 0.6 is 8.25 Å². The number of hydrogen-bond donors (Lipinski definition) is 3. The van der Waals surface area contributed by atoms with E-state index >= 15 is 0 Å². The molecule has 0 saturated heterocycles. The number of nitrogens with one attached hydrogen (secondary N) is 2. The highest BCUT2D eigenvalue weighted by Gasteiger charge is 2.25. The number of anilines is 2. The van der Waals surface area contributed by atoms with Gasteiger partial charge in [0, 0.05) is 46.5 Å². The van der Waals surface area contributed by atoms with Crippen LogP contribution in [0, 0.1) is 5.92 Å². The lowest BCUT2D eigenvalue weighted by Crippen LogP contribution is -2.26. The second-order valence-electron chi connectivity index (χ2n) is 9.32. The van der Waals surface area contributed by atoms with Crippen molar-refractivity contribution in [2.75, 3.05) is 43.6 Å². The van der Waals surface area contributed by atoms with Gasteiger partial charge in [0.25, 0.3) is 5.91 Å². The molecule has 0 heterocycles. The molecule has 3 aromatic rings. The first-order chi connectivity index (χ1) is 18.0. The Hall–Kier alpha value is -3.03. The summed E-state index contributed by atoms with van der Waals surface area (Å²) in [7, 11) is -0.861. The Kier molecular flexibility index (Phi) is 9.47. The maximum Gasteiger partial charge on any atom is 0.694 e. The predicted molar refractivity (Wildman–Crippen MR) is 148 cm³/mol. The average molecular weight is 525 g/mol. The van der Waals surface area contributed by atoms with Gasteiger partial charge in [0.05, 0.1) is 7.11 Å². The van der Waals surface area contributed by atoms with Crippen molar-refractivity contribution in [3.63, 3.8) is 0 Å². The van der Waals surface area contributed by atoms with E-state index in [4.69, 9.17) is 9.63 Å². The van der Waals surface area contributed by atoms with Crippen LogP contribution in [0.5, 0.6) is 5.75 Å². The fourth-order valence-electron chi connectivity index (χ4n) is 4.33. The zero-order valence-corrected chi connectivity index (χ0v) is 22.3. The average Bonchev–Trinajstić information content (AvgIpc) is 3.73. The molecule has 4 rings (SSSR count). The number of hydrogen-bond acceptors (Lipinski definition) is 6. The van der Waals surface area contributed by atoms with Gasteiger partial charge in [-0.1, -0.05) is 18.2 Å². The molecule has 1 unspecified atom stereocenters. The van der Waals surface area contributed by atoms with Gasteiger partial charge in [0.15, 0.2) is 0 Å². The lowest BCUT2D eigenvalue weighted by Gasteiger charge is -2.25. The standard InChI is InChI=1S/C28H34N3O5P/c1-3-31(19-21-5-6-21)27-16-23(15-22-9-12-25(35-2)17-26(22)27)28(32)30-24-10-7-20(8-11-24)18-29-13-4-14-36-37(33)34/h7-12,15-17,21,29H,3-6,13-14,18-19H2,1-2H3,(H-,30,32,33,34)/p+1. The molecule has 1 fully saturated rings. The van der Waals surface area contributed by atoms with E-state index in [-0.39, 0.29) is 12.5 Å². The molecule has 1 atom stereocenters. The van der Waals surface area contributed by atoms with Crippen molar-refractivity contribution in [2.24, 2.45) is 5.92 Å². The zero-order valence-electron chi connectivity index (χ0n) is 21.4. The molecule has 8 nitrogen and oxygen atoms in total. The Morgan fingerprint density at radius 3 is 2.59 bits per heavy atom. The third kappa shape index (κ3) is 7.73. The van der Waals surface area contributed by atoms with Crippen LogP contribution in [0.15, 0.2) is 54.6 Å². The minimum Gasteiger partial charge on any atom is -0.497 e. The van der Waals surface area contributed by atoms with Crippen molar-refractivity contribution in [2.45, 2.75) is 32.7 Å². The molecule has 0 radical (unpaired) electrons. The van der Waals surface area contributed by atoms with E-state index in [1.165, 1.54) is 12.8 Å². The Morgan fingerprint density at radius 1 is 1.14 bits per heavy atom. The summed E-state index contributed by atoms with van der Waals surface area (Å²) >= 11 is 0. The number of rotatable bonds is 14. The van der Waals surface area contributed by atoms with Crippen molar-refractivity contribution >= 4 is 36.3 Å². The topological polar surface area (TPSA) is 100 Å². The van der Waals surface area contributed by atoms with E-state index in [1.54, 1.807) is 7.11 Å². The van der Waals surface area contributed by atoms with Crippen LogP contribution < -0.4 is 20.3 Å². The summed E-state index contributed by atoms with van der Waals surface area (Å²) in [5.74, 6) is 1.39. The third-order valence-corrected chi connectivity index (χ3v) is 6.94. The van der Waals surface area contributed by atoms with Crippen LogP contribution in [0.1, 0.15) is 42.1 Å². The van der Waals surface area contributed by atoms with E-state index in [9.17, 15) is 9.36 Å². The lowest BCUT2D eigenvalue weighted by atomic mass is 10.0. The molecule has 1 aliphatic carbocycles.